The summed E-state index contributed by atoms with van der Waals surface area (Å²) in [5, 5.41) is 14.6. The van der Waals surface area contributed by atoms with Crippen LogP contribution in [0.2, 0.25) is 0 Å². The fourth-order valence-corrected chi connectivity index (χ4v) is 5.59. The molecule has 0 aliphatic carbocycles. The third-order valence-corrected chi connectivity index (χ3v) is 7.40. The second-order valence-corrected chi connectivity index (χ2v) is 9.57. The summed E-state index contributed by atoms with van der Waals surface area (Å²) in [7, 11) is 0. The number of H-pyrrole nitrogens is 1. The summed E-state index contributed by atoms with van der Waals surface area (Å²) in [6, 6.07) is 14.1. The summed E-state index contributed by atoms with van der Waals surface area (Å²) in [5.74, 6) is 2.33. The second kappa shape index (κ2) is 9.35. The van der Waals surface area contributed by atoms with Crippen molar-refractivity contribution in [2.24, 2.45) is 0 Å². The first-order valence-electron chi connectivity index (χ1n) is 11.6. The number of rotatable bonds is 6. The van der Waals surface area contributed by atoms with Crippen molar-refractivity contribution < 1.29 is 9.72 Å². The van der Waals surface area contributed by atoms with E-state index in [9.17, 15) is 14.9 Å². The van der Waals surface area contributed by atoms with Crippen molar-refractivity contribution in [1.82, 2.24) is 14.9 Å². The zero-order chi connectivity index (χ0) is 24.5. The van der Waals surface area contributed by atoms with E-state index in [0.717, 1.165) is 47.8 Å². The lowest BCUT2D eigenvalue weighted by Gasteiger charge is -2.42. The predicted octanol–water partition coefficient (Wildman–Crippen LogP) is 5.86. The number of unbranched alkanes of at least 4 members (excludes halogenated alkanes) is 1. The molecule has 3 heterocycles. The van der Waals surface area contributed by atoms with Crippen LogP contribution in [0.15, 0.2) is 53.9 Å². The van der Waals surface area contributed by atoms with Crippen molar-refractivity contribution in [3.05, 3.63) is 91.5 Å². The van der Waals surface area contributed by atoms with Crippen molar-refractivity contribution >= 4 is 33.8 Å². The molecule has 0 unspecified atom stereocenters. The van der Waals surface area contributed by atoms with Crippen LogP contribution in [0.1, 0.15) is 64.5 Å². The topological polar surface area (TPSA) is 92.1 Å². The van der Waals surface area contributed by atoms with Crippen molar-refractivity contribution in [2.45, 2.75) is 44.7 Å². The maximum absolute atomic E-state index is 14.0. The molecule has 35 heavy (non-hydrogen) atoms. The monoisotopic (exact) mass is 484 g/mol. The summed E-state index contributed by atoms with van der Waals surface area (Å²) in [4.78, 5) is 34.7. The molecule has 0 radical (unpaired) electrons. The van der Waals surface area contributed by atoms with E-state index in [2.05, 4.69) is 28.9 Å². The largest absolute Gasteiger partial charge is 0.356 e. The highest BCUT2D eigenvalue weighted by molar-refractivity contribution is 7.10. The minimum Gasteiger partial charge on any atom is -0.356 e. The molecule has 1 amide bonds. The molecule has 0 saturated heterocycles. The van der Waals surface area contributed by atoms with Crippen LogP contribution in [0.5, 0.6) is 0 Å². The molecule has 1 N–H and O–H groups in total. The van der Waals surface area contributed by atoms with Crippen molar-refractivity contribution in [2.75, 3.05) is 0 Å². The number of para-hydroxylation sites is 1. The van der Waals surface area contributed by atoms with Gasteiger partial charge in [-0.25, -0.2) is 4.98 Å². The van der Waals surface area contributed by atoms with E-state index >= 15 is 0 Å². The molecular weight excluding hydrogens is 460 g/mol. The number of hydrogen-bond acceptors (Lipinski definition) is 5. The Morgan fingerprint density at radius 1 is 1.29 bits per heavy atom. The van der Waals surface area contributed by atoms with Crippen LogP contribution >= 0.6 is 11.3 Å². The quantitative estimate of drug-likeness (QED) is 0.211. The van der Waals surface area contributed by atoms with Gasteiger partial charge in [0.15, 0.2) is 5.01 Å². The normalized spacial score (nSPS) is 17.2. The molecule has 0 fully saturated rings. The van der Waals surface area contributed by atoms with E-state index in [1.807, 2.05) is 23.1 Å². The van der Waals surface area contributed by atoms with Crippen LogP contribution in [0, 0.1) is 22.5 Å². The van der Waals surface area contributed by atoms with Crippen LogP contribution in [0.3, 0.4) is 0 Å². The first-order chi connectivity index (χ1) is 17.0. The van der Waals surface area contributed by atoms with Gasteiger partial charge in [0.05, 0.1) is 11.0 Å². The van der Waals surface area contributed by atoms with Crippen LogP contribution < -0.4 is 0 Å². The maximum Gasteiger partial charge on any atom is 0.274 e. The van der Waals surface area contributed by atoms with Crippen LogP contribution in [0.25, 0.3) is 10.9 Å². The van der Waals surface area contributed by atoms with Crippen molar-refractivity contribution in [3.8, 4) is 12.3 Å². The number of nitro benzene ring substituents is 1. The number of amides is 1. The van der Waals surface area contributed by atoms with Gasteiger partial charge in [-0.05, 0) is 48.1 Å². The summed E-state index contributed by atoms with van der Waals surface area (Å²) in [5.41, 5.74) is 4.29. The number of hydrogen-bond donors (Lipinski definition) is 1. The van der Waals surface area contributed by atoms with Gasteiger partial charge < -0.3 is 9.88 Å². The van der Waals surface area contributed by atoms with Crippen LogP contribution in [0.4, 0.5) is 5.69 Å². The standard InChI is InChI=1S/C27H24N4O3S/c1-3-5-8-19-15-21-20-9-6-7-10-22(20)29-25(21)26(17-11-13-18(14-12-17)31(33)34)30(19)27(32)23-16-35-24(4-2)28-23/h2,6-7,9-14,16,19,26,29H,3,5,8,15H2,1H3/t19-,26-/m0/s1. The molecule has 4 aromatic rings. The highest BCUT2D eigenvalue weighted by Crippen LogP contribution is 2.43. The van der Waals surface area contributed by atoms with Gasteiger partial charge in [-0.2, -0.15) is 0 Å². The number of thiazole rings is 1. The summed E-state index contributed by atoms with van der Waals surface area (Å²) in [6.07, 6.45) is 9.07. The van der Waals surface area contributed by atoms with Gasteiger partial charge in [-0.3, -0.25) is 14.9 Å². The van der Waals surface area contributed by atoms with Gasteiger partial charge in [0.2, 0.25) is 0 Å². The van der Waals surface area contributed by atoms with Crippen LogP contribution in [-0.4, -0.2) is 31.7 Å². The Morgan fingerprint density at radius 2 is 2.06 bits per heavy atom. The molecule has 2 atom stereocenters. The number of carbonyl (C=O) groups is 1. The highest BCUT2D eigenvalue weighted by atomic mass is 32.1. The predicted molar refractivity (Wildman–Crippen MR) is 136 cm³/mol. The number of aromatic amines is 1. The van der Waals surface area contributed by atoms with Crippen molar-refractivity contribution in [1.29, 1.82) is 0 Å². The third kappa shape index (κ3) is 4.08. The van der Waals surface area contributed by atoms with Crippen molar-refractivity contribution in [3.63, 3.8) is 0 Å². The lowest BCUT2D eigenvalue weighted by molar-refractivity contribution is -0.384. The van der Waals surface area contributed by atoms with Gasteiger partial charge in [0, 0.05) is 40.2 Å². The SMILES string of the molecule is C#Cc1nc(C(=O)N2[C@@H](CCCC)Cc3c([nH]c4ccccc34)[C@@H]2c2ccc([N+](=O)[O-])cc2)cs1. The lowest BCUT2D eigenvalue weighted by atomic mass is 9.86. The zero-order valence-electron chi connectivity index (χ0n) is 19.2. The lowest BCUT2D eigenvalue weighted by Crippen LogP contribution is -2.48. The van der Waals surface area contributed by atoms with Gasteiger partial charge in [-0.1, -0.05) is 38.0 Å². The summed E-state index contributed by atoms with van der Waals surface area (Å²) < 4.78 is 0. The molecule has 1 aliphatic rings. The second-order valence-electron chi connectivity index (χ2n) is 8.71. The van der Waals surface area contributed by atoms with E-state index in [-0.39, 0.29) is 17.6 Å². The number of non-ortho nitro benzene ring substituents is 1. The molecule has 0 bridgehead atoms. The fraction of sp³-hybridized carbons (Fsp3) is 0.259. The molecule has 0 spiro atoms. The number of terminal acetylenes is 1. The third-order valence-electron chi connectivity index (χ3n) is 6.62. The fourth-order valence-electron chi connectivity index (χ4n) is 5.00. The Kier molecular flexibility index (Phi) is 6.10. The Labute approximate surface area is 207 Å². The summed E-state index contributed by atoms with van der Waals surface area (Å²) in [6.45, 7) is 2.14. The molecule has 2 aromatic heterocycles. The molecule has 176 valence electrons. The first kappa shape index (κ1) is 22.8. The number of aromatic nitrogens is 2. The van der Waals surface area contributed by atoms with E-state index < -0.39 is 11.0 Å². The highest BCUT2D eigenvalue weighted by Gasteiger charge is 2.41. The number of carbonyl (C=O) groups excluding carboxylic acids is 1. The maximum atomic E-state index is 14.0. The Morgan fingerprint density at radius 3 is 2.74 bits per heavy atom. The molecule has 7 nitrogen and oxygen atoms in total. The number of benzene rings is 2. The zero-order valence-corrected chi connectivity index (χ0v) is 20.0. The molecule has 1 aliphatic heterocycles. The van der Waals surface area contributed by atoms with Gasteiger partial charge in [-0.15, -0.1) is 17.8 Å². The van der Waals surface area contributed by atoms with E-state index in [4.69, 9.17) is 6.42 Å². The number of fused-ring (bicyclic) bond motifs is 3. The molecular formula is C27H24N4O3S. The minimum atomic E-state index is -0.433. The van der Waals surface area contributed by atoms with Gasteiger partial charge in [0.25, 0.3) is 11.6 Å². The summed E-state index contributed by atoms with van der Waals surface area (Å²) >= 11 is 1.28. The van der Waals surface area contributed by atoms with E-state index in [1.165, 1.54) is 29.0 Å². The first-order valence-corrected chi connectivity index (χ1v) is 12.5. The number of nitrogens with one attached hydrogen (secondary N) is 1. The Balaban J connectivity index is 1.70. The Hall–Kier alpha value is -3.96. The number of nitrogens with zero attached hydrogens (tertiary/aromatic N) is 3. The van der Waals surface area contributed by atoms with Gasteiger partial charge >= 0.3 is 0 Å². The minimum absolute atomic E-state index is 0.0139. The molecule has 2 aromatic carbocycles. The Bertz CT molecular complexity index is 1450. The molecule has 8 heteroatoms. The average Bonchev–Trinajstić information content (AvgIpc) is 3.51. The molecule has 5 rings (SSSR count). The number of nitro groups is 1. The van der Waals surface area contributed by atoms with E-state index in [1.54, 1.807) is 17.5 Å². The average molecular weight is 485 g/mol. The van der Waals surface area contributed by atoms with E-state index in [0.29, 0.717) is 10.7 Å². The smallest absolute Gasteiger partial charge is 0.274 e. The van der Waals surface area contributed by atoms with Gasteiger partial charge in [0.1, 0.15) is 5.69 Å². The molecule has 0 saturated carbocycles. The van der Waals surface area contributed by atoms with Crippen LogP contribution in [-0.2, 0) is 6.42 Å².